The first kappa shape index (κ1) is 13.3. The highest BCUT2D eigenvalue weighted by atomic mass is 32.1. The van der Waals surface area contributed by atoms with Gasteiger partial charge in [-0.1, -0.05) is 13.8 Å². The van der Waals surface area contributed by atoms with Crippen LogP contribution in [-0.2, 0) is 4.74 Å². The van der Waals surface area contributed by atoms with Gasteiger partial charge in [0.25, 0.3) is 0 Å². The van der Waals surface area contributed by atoms with E-state index in [1.54, 1.807) is 11.3 Å². The molecule has 4 nitrogen and oxygen atoms in total. The molecule has 0 saturated carbocycles. The molecule has 1 aliphatic heterocycles. The van der Waals surface area contributed by atoms with Gasteiger partial charge in [0.1, 0.15) is 0 Å². The largest absolute Gasteiger partial charge is 0.461 e. The maximum atomic E-state index is 11.7. The number of aryl methyl sites for hydroxylation is 1. The molecule has 0 aromatic carbocycles. The average Bonchev–Trinajstić information content (AvgIpc) is 2.84. The van der Waals surface area contributed by atoms with E-state index in [9.17, 15) is 4.79 Å². The lowest BCUT2D eigenvalue weighted by atomic mass is 10.0. The first-order valence-corrected chi connectivity index (χ1v) is 7.24. The molecule has 5 heteroatoms. The minimum Gasteiger partial charge on any atom is -0.461 e. The van der Waals surface area contributed by atoms with Gasteiger partial charge in [-0.3, -0.25) is 0 Å². The predicted octanol–water partition coefficient (Wildman–Crippen LogP) is 2.72. The monoisotopic (exact) mass is 268 g/mol. The second kappa shape index (κ2) is 5.26. The highest BCUT2D eigenvalue weighted by molar-refractivity contribution is 7.15. The number of esters is 1. The minimum atomic E-state index is -0.308. The van der Waals surface area contributed by atoms with E-state index in [0.29, 0.717) is 24.1 Å². The molecule has 18 heavy (non-hydrogen) atoms. The number of aromatic nitrogens is 1. The van der Waals surface area contributed by atoms with Crippen molar-refractivity contribution in [3.63, 3.8) is 0 Å². The van der Waals surface area contributed by atoms with E-state index < -0.39 is 0 Å². The molecule has 0 spiro atoms. The van der Waals surface area contributed by atoms with Gasteiger partial charge in [-0.05, 0) is 25.7 Å². The molecule has 2 heterocycles. The van der Waals surface area contributed by atoms with E-state index in [1.807, 2.05) is 13.8 Å². The molecule has 1 fully saturated rings. The van der Waals surface area contributed by atoms with Crippen LogP contribution in [0.5, 0.6) is 0 Å². The molecule has 0 aliphatic carbocycles. The fourth-order valence-electron chi connectivity index (χ4n) is 2.19. The van der Waals surface area contributed by atoms with Crippen molar-refractivity contribution in [2.45, 2.75) is 27.7 Å². The van der Waals surface area contributed by atoms with Crippen molar-refractivity contribution in [3.05, 3.63) is 10.6 Å². The zero-order valence-corrected chi connectivity index (χ0v) is 12.2. The molecular formula is C13H20N2O2S. The van der Waals surface area contributed by atoms with Crippen LogP contribution < -0.4 is 4.90 Å². The van der Waals surface area contributed by atoms with Crippen molar-refractivity contribution in [1.29, 1.82) is 0 Å². The van der Waals surface area contributed by atoms with E-state index in [0.717, 1.165) is 23.1 Å². The number of carbonyl (C=O) groups is 1. The van der Waals surface area contributed by atoms with Gasteiger partial charge in [-0.2, -0.15) is 0 Å². The SMILES string of the molecule is CCOC(=O)c1nc(N2CC(C)C(C)C2)sc1C. The van der Waals surface area contributed by atoms with Gasteiger partial charge in [-0.15, -0.1) is 11.3 Å². The molecule has 2 rings (SSSR count). The second-order valence-corrected chi connectivity index (χ2v) is 6.16. The summed E-state index contributed by atoms with van der Waals surface area (Å²) >= 11 is 1.58. The highest BCUT2D eigenvalue weighted by Gasteiger charge is 2.29. The Bertz CT molecular complexity index is 434. The average molecular weight is 268 g/mol. The molecule has 0 amide bonds. The normalized spacial score (nSPS) is 23.4. The van der Waals surface area contributed by atoms with Crippen molar-refractivity contribution in [2.75, 3.05) is 24.6 Å². The molecule has 100 valence electrons. The number of anilines is 1. The first-order chi connectivity index (χ1) is 8.52. The van der Waals surface area contributed by atoms with Crippen molar-refractivity contribution in [3.8, 4) is 0 Å². The Labute approximate surface area is 112 Å². The number of carbonyl (C=O) groups excluding carboxylic acids is 1. The molecule has 0 bridgehead atoms. The first-order valence-electron chi connectivity index (χ1n) is 6.42. The number of nitrogens with zero attached hydrogens (tertiary/aromatic N) is 2. The molecular weight excluding hydrogens is 248 g/mol. The lowest BCUT2D eigenvalue weighted by molar-refractivity contribution is 0.0519. The van der Waals surface area contributed by atoms with Crippen LogP contribution in [0.3, 0.4) is 0 Å². The quantitative estimate of drug-likeness (QED) is 0.791. The van der Waals surface area contributed by atoms with Gasteiger partial charge in [0.05, 0.1) is 6.61 Å². The molecule has 0 N–H and O–H groups in total. The van der Waals surface area contributed by atoms with Crippen LogP contribution in [-0.4, -0.2) is 30.6 Å². The van der Waals surface area contributed by atoms with Gasteiger partial charge >= 0.3 is 5.97 Å². The van der Waals surface area contributed by atoms with Crippen LogP contribution in [0.25, 0.3) is 0 Å². The smallest absolute Gasteiger partial charge is 0.358 e. The maximum absolute atomic E-state index is 11.7. The van der Waals surface area contributed by atoms with Crippen LogP contribution in [0.4, 0.5) is 5.13 Å². The van der Waals surface area contributed by atoms with E-state index in [2.05, 4.69) is 23.7 Å². The lowest BCUT2D eigenvalue weighted by Gasteiger charge is -2.13. The van der Waals surface area contributed by atoms with Crippen LogP contribution >= 0.6 is 11.3 Å². The number of thiazole rings is 1. The maximum Gasteiger partial charge on any atom is 0.358 e. The summed E-state index contributed by atoms with van der Waals surface area (Å²) in [6.07, 6.45) is 0. The summed E-state index contributed by atoms with van der Waals surface area (Å²) < 4.78 is 5.01. The van der Waals surface area contributed by atoms with E-state index in [4.69, 9.17) is 4.74 Å². The van der Waals surface area contributed by atoms with E-state index in [-0.39, 0.29) is 5.97 Å². The molecule has 2 unspecified atom stereocenters. The van der Waals surface area contributed by atoms with E-state index >= 15 is 0 Å². The molecule has 2 atom stereocenters. The number of ether oxygens (including phenoxy) is 1. The topological polar surface area (TPSA) is 42.4 Å². The van der Waals surface area contributed by atoms with Crippen molar-refractivity contribution in [2.24, 2.45) is 11.8 Å². The summed E-state index contributed by atoms with van der Waals surface area (Å²) in [5.41, 5.74) is 0.476. The summed E-state index contributed by atoms with van der Waals surface area (Å²) in [6.45, 7) is 10.7. The zero-order chi connectivity index (χ0) is 13.3. The molecule has 1 aromatic heterocycles. The van der Waals surface area contributed by atoms with Crippen molar-refractivity contribution >= 4 is 22.4 Å². The molecule has 1 aliphatic rings. The Morgan fingerprint density at radius 3 is 2.61 bits per heavy atom. The number of hydrogen-bond acceptors (Lipinski definition) is 5. The van der Waals surface area contributed by atoms with Crippen LogP contribution in [0.2, 0.25) is 0 Å². The van der Waals surface area contributed by atoms with Crippen molar-refractivity contribution < 1.29 is 9.53 Å². The van der Waals surface area contributed by atoms with Crippen LogP contribution in [0.15, 0.2) is 0 Å². The highest BCUT2D eigenvalue weighted by Crippen LogP contribution is 2.32. The molecule has 1 aromatic rings. The van der Waals surface area contributed by atoms with Gasteiger partial charge in [0.15, 0.2) is 10.8 Å². The Kier molecular flexibility index (Phi) is 3.90. The Balaban J connectivity index is 2.16. The molecule has 0 radical (unpaired) electrons. The Morgan fingerprint density at radius 1 is 1.44 bits per heavy atom. The third kappa shape index (κ3) is 2.51. The summed E-state index contributed by atoms with van der Waals surface area (Å²) in [4.78, 5) is 19.4. The predicted molar refractivity (Wildman–Crippen MR) is 73.3 cm³/mol. The zero-order valence-electron chi connectivity index (χ0n) is 11.4. The summed E-state index contributed by atoms with van der Waals surface area (Å²) in [7, 11) is 0. The van der Waals surface area contributed by atoms with Gasteiger partial charge < -0.3 is 9.64 Å². The summed E-state index contributed by atoms with van der Waals surface area (Å²) in [6, 6.07) is 0. The lowest BCUT2D eigenvalue weighted by Crippen LogP contribution is -2.19. The standard InChI is InChI=1S/C13H20N2O2S/c1-5-17-12(16)11-10(4)18-13(14-11)15-6-8(2)9(3)7-15/h8-9H,5-7H2,1-4H3. The summed E-state index contributed by atoms with van der Waals surface area (Å²) in [5, 5.41) is 0.951. The molecule has 1 saturated heterocycles. The fourth-order valence-corrected chi connectivity index (χ4v) is 3.11. The Morgan fingerprint density at radius 2 is 2.06 bits per heavy atom. The van der Waals surface area contributed by atoms with Gasteiger partial charge in [0.2, 0.25) is 0 Å². The third-order valence-corrected chi connectivity index (χ3v) is 4.54. The Hall–Kier alpha value is -1.10. The second-order valence-electron chi connectivity index (χ2n) is 4.98. The number of hydrogen-bond donors (Lipinski definition) is 0. The van der Waals surface area contributed by atoms with Crippen LogP contribution in [0.1, 0.15) is 36.1 Å². The summed E-state index contributed by atoms with van der Waals surface area (Å²) in [5.74, 6) is 1.05. The minimum absolute atomic E-state index is 0.308. The van der Waals surface area contributed by atoms with Gasteiger partial charge in [0, 0.05) is 18.0 Å². The number of rotatable bonds is 3. The van der Waals surface area contributed by atoms with Crippen LogP contribution in [0, 0.1) is 18.8 Å². The fraction of sp³-hybridized carbons (Fsp3) is 0.692. The van der Waals surface area contributed by atoms with Crippen molar-refractivity contribution in [1.82, 2.24) is 4.98 Å². The third-order valence-electron chi connectivity index (χ3n) is 3.51. The van der Waals surface area contributed by atoms with E-state index in [1.165, 1.54) is 0 Å². The van der Waals surface area contributed by atoms with Gasteiger partial charge in [-0.25, -0.2) is 9.78 Å².